The molecule has 1 fully saturated rings. The van der Waals surface area contributed by atoms with Crippen molar-refractivity contribution in [1.29, 1.82) is 0 Å². The van der Waals surface area contributed by atoms with Crippen LogP contribution in [0.2, 0.25) is 0 Å². The van der Waals surface area contributed by atoms with Gasteiger partial charge in [-0.2, -0.15) is 0 Å². The summed E-state index contributed by atoms with van der Waals surface area (Å²) >= 11 is 2.12. The average molecular weight is 442 g/mol. The predicted octanol–water partition coefficient (Wildman–Crippen LogP) is 3.08. The van der Waals surface area contributed by atoms with Gasteiger partial charge in [-0.1, -0.05) is 47.8 Å². The SMILES string of the molecule is O=C1OC(CO)(CSc2nc3ccccc3o2)C(Sc2nc3ccccc3o2)C1=O. The number of hydrogen-bond donors (Lipinski definition) is 1. The second kappa shape index (κ2) is 7.46. The number of esters is 1. The third-order valence-corrected chi connectivity index (χ3v) is 7.00. The molecule has 2 atom stereocenters. The number of ketones is 1. The molecule has 5 rings (SSSR count). The number of fused-ring (bicyclic) bond motifs is 2. The van der Waals surface area contributed by atoms with Gasteiger partial charge in [-0.3, -0.25) is 4.79 Å². The lowest BCUT2D eigenvalue weighted by molar-refractivity contribution is -0.154. The molecule has 0 spiro atoms. The molecule has 2 aromatic carbocycles. The predicted molar refractivity (Wildman–Crippen MR) is 109 cm³/mol. The first-order valence-corrected chi connectivity index (χ1v) is 10.8. The van der Waals surface area contributed by atoms with E-state index in [9.17, 15) is 14.7 Å². The smallest absolute Gasteiger partial charge is 0.376 e. The summed E-state index contributed by atoms with van der Waals surface area (Å²) in [4.78, 5) is 33.3. The number of carbonyl (C=O) groups excluding carboxylic acids is 2. The zero-order valence-corrected chi connectivity index (χ0v) is 16.9. The number of thioether (sulfide) groups is 2. The Morgan fingerprint density at radius 2 is 1.53 bits per heavy atom. The van der Waals surface area contributed by atoms with Gasteiger partial charge in [-0.15, -0.1) is 0 Å². The van der Waals surface area contributed by atoms with Crippen LogP contribution in [-0.2, 0) is 14.3 Å². The lowest BCUT2D eigenvalue weighted by atomic mass is 10.0. The second-order valence-corrected chi connectivity index (χ2v) is 8.64. The lowest BCUT2D eigenvalue weighted by Gasteiger charge is -2.28. The van der Waals surface area contributed by atoms with Crippen LogP contribution in [-0.4, -0.2) is 50.0 Å². The maximum absolute atomic E-state index is 12.5. The Morgan fingerprint density at radius 1 is 0.933 bits per heavy atom. The Hall–Kier alpha value is -2.82. The van der Waals surface area contributed by atoms with Crippen molar-refractivity contribution in [3.8, 4) is 0 Å². The first-order chi connectivity index (χ1) is 14.6. The number of oxazole rings is 2. The molecule has 152 valence electrons. The molecule has 1 aliphatic heterocycles. The molecule has 4 aromatic rings. The number of carbonyl (C=O) groups is 2. The van der Waals surface area contributed by atoms with Crippen LogP contribution in [0.1, 0.15) is 0 Å². The maximum Gasteiger partial charge on any atom is 0.376 e. The number of aromatic nitrogens is 2. The standard InChI is InChI=1S/C20H14N2O6S2/c23-9-20(10-29-18-21-11-5-1-3-7-13(11)26-18)16(15(24)17(25)28-20)30-19-22-12-6-2-4-8-14(12)27-19/h1-8,16,23H,9-10H2. The fraction of sp³-hybridized carbons (Fsp3) is 0.200. The molecule has 2 unspecified atom stereocenters. The minimum absolute atomic E-state index is 0.0751. The summed E-state index contributed by atoms with van der Waals surface area (Å²) in [5, 5.41) is 9.66. The van der Waals surface area contributed by atoms with Crippen LogP contribution in [0.5, 0.6) is 0 Å². The van der Waals surface area contributed by atoms with E-state index in [0.29, 0.717) is 27.4 Å². The second-order valence-electron chi connectivity index (χ2n) is 6.66. The molecule has 0 saturated carbocycles. The highest BCUT2D eigenvalue weighted by Crippen LogP contribution is 2.41. The highest BCUT2D eigenvalue weighted by atomic mass is 32.2. The van der Waals surface area contributed by atoms with Crippen LogP contribution in [0.4, 0.5) is 0 Å². The number of para-hydroxylation sites is 4. The third kappa shape index (κ3) is 3.26. The number of aliphatic hydroxyl groups is 1. The fourth-order valence-corrected chi connectivity index (χ4v) is 5.38. The van der Waals surface area contributed by atoms with Crippen LogP contribution in [0.15, 0.2) is 67.8 Å². The molecular formula is C20H14N2O6S2. The molecule has 0 radical (unpaired) electrons. The molecule has 0 amide bonds. The zero-order chi connectivity index (χ0) is 20.7. The molecular weight excluding hydrogens is 428 g/mol. The summed E-state index contributed by atoms with van der Waals surface area (Å²) in [7, 11) is 0. The molecule has 0 bridgehead atoms. The van der Waals surface area contributed by atoms with Gasteiger partial charge in [0.25, 0.3) is 16.2 Å². The highest BCUT2D eigenvalue weighted by Gasteiger charge is 2.56. The van der Waals surface area contributed by atoms with Crippen molar-refractivity contribution >= 4 is 57.5 Å². The number of nitrogens with zero attached hydrogens (tertiary/aromatic N) is 2. The average Bonchev–Trinajstić information content (AvgIpc) is 3.42. The molecule has 1 aliphatic rings. The third-order valence-electron chi connectivity index (χ3n) is 4.69. The number of aliphatic hydroxyl groups excluding tert-OH is 1. The van der Waals surface area contributed by atoms with Gasteiger partial charge >= 0.3 is 5.97 Å². The van der Waals surface area contributed by atoms with Gasteiger partial charge in [-0.05, 0) is 24.3 Å². The summed E-state index contributed by atoms with van der Waals surface area (Å²) in [6.07, 6.45) is 0. The molecule has 10 heteroatoms. The minimum Gasteiger partial charge on any atom is -0.448 e. The molecule has 30 heavy (non-hydrogen) atoms. The first-order valence-electron chi connectivity index (χ1n) is 8.97. The molecule has 3 heterocycles. The van der Waals surface area contributed by atoms with Crippen molar-refractivity contribution in [3.05, 3.63) is 48.5 Å². The van der Waals surface area contributed by atoms with E-state index in [1.807, 2.05) is 30.3 Å². The topological polar surface area (TPSA) is 116 Å². The van der Waals surface area contributed by atoms with E-state index < -0.39 is 29.2 Å². The van der Waals surface area contributed by atoms with E-state index in [0.717, 1.165) is 23.5 Å². The number of Topliss-reactive ketones (excluding diaryl/α,β-unsaturated/α-hetero) is 1. The van der Waals surface area contributed by atoms with E-state index >= 15 is 0 Å². The highest BCUT2D eigenvalue weighted by molar-refractivity contribution is 8.01. The summed E-state index contributed by atoms with van der Waals surface area (Å²) in [5.41, 5.74) is 1.05. The van der Waals surface area contributed by atoms with Gasteiger partial charge in [-0.25, -0.2) is 14.8 Å². The van der Waals surface area contributed by atoms with Crippen molar-refractivity contribution in [1.82, 2.24) is 9.97 Å². The normalized spacial score (nSPS) is 21.6. The van der Waals surface area contributed by atoms with E-state index in [4.69, 9.17) is 13.6 Å². The van der Waals surface area contributed by atoms with Crippen molar-refractivity contribution in [2.75, 3.05) is 12.4 Å². The first kappa shape index (κ1) is 19.2. The van der Waals surface area contributed by atoms with E-state index in [1.54, 1.807) is 18.2 Å². The minimum atomic E-state index is -1.45. The zero-order valence-electron chi connectivity index (χ0n) is 15.3. The quantitative estimate of drug-likeness (QED) is 0.271. The maximum atomic E-state index is 12.5. The largest absolute Gasteiger partial charge is 0.448 e. The Bertz CT molecular complexity index is 1200. The van der Waals surface area contributed by atoms with Gasteiger partial charge < -0.3 is 18.7 Å². The van der Waals surface area contributed by atoms with Gasteiger partial charge in [0, 0.05) is 5.75 Å². The van der Waals surface area contributed by atoms with E-state index in [1.165, 1.54) is 0 Å². The molecule has 0 aliphatic carbocycles. The summed E-state index contributed by atoms with van der Waals surface area (Å²) in [5.74, 6) is -1.66. The van der Waals surface area contributed by atoms with Crippen LogP contribution in [0.3, 0.4) is 0 Å². The van der Waals surface area contributed by atoms with Crippen LogP contribution in [0.25, 0.3) is 22.2 Å². The number of ether oxygens (including phenoxy) is 1. The molecule has 1 N–H and O–H groups in total. The van der Waals surface area contributed by atoms with Gasteiger partial charge in [0.05, 0.1) is 6.61 Å². The Kier molecular flexibility index (Phi) is 4.76. The molecule has 8 nitrogen and oxygen atoms in total. The number of rotatable bonds is 6. The van der Waals surface area contributed by atoms with Crippen molar-refractivity contribution < 1.29 is 28.3 Å². The summed E-state index contributed by atoms with van der Waals surface area (Å²) < 4.78 is 16.7. The number of hydrogen-bond acceptors (Lipinski definition) is 10. The van der Waals surface area contributed by atoms with Crippen molar-refractivity contribution in [2.45, 2.75) is 21.3 Å². The summed E-state index contributed by atoms with van der Waals surface area (Å²) in [6, 6.07) is 14.5. The molecule has 1 saturated heterocycles. The lowest BCUT2D eigenvalue weighted by Crippen LogP contribution is -2.45. The fourth-order valence-electron chi connectivity index (χ4n) is 3.16. The Labute approximate surface area is 178 Å². The van der Waals surface area contributed by atoms with Crippen molar-refractivity contribution in [2.24, 2.45) is 0 Å². The summed E-state index contributed by atoms with van der Waals surface area (Å²) in [6.45, 7) is -0.546. The number of cyclic esters (lactones) is 1. The van der Waals surface area contributed by atoms with Crippen molar-refractivity contribution in [3.63, 3.8) is 0 Å². The van der Waals surface area contributed by atoms with Crippen LogP contribution < -0.4 is 0 Å². The van der Waals surface area contributed by atoms with E-state index in [-0.39, 0.29) is 11.0 Å². The van der Waals surface area contributed by atoms with Gasteiger partial charge in [0.15, 0.2) is 16.8 Å². The van der Waals surface area contributed by atoms with Gasteiger partial charge in [0.2, 0.25) is 0 Å². The van der Waals surface area contributed by atoms with Gasteiger partial charge in [0.1, 0.15) is 16.3 Å². The number of benzene rings is 2. The van der Waals surface area contributed by atoms with Crippen LogP contribution in [0, 0.1) is 0 Å². The van der Waals surface area contributed by atoms with Crippen LogP contribution >= 0.6 is 23.5 Å². The Morgan fingerprint density at radius 3 is 2.17 bits per heavy atom. The molecule has 2 aromatic heterocycles. The Balaban J connectivity index is 1.41. The van der Waals surface area contributed by atoms with E-state index in [2.05, 4.69) is 9.97 Å². The monoisotopic (exact) mass is 442 g/mol.